The van der Waals surface area contributed by atoms with E-state index in [9.17, 15) is 43.2 Å². The quantitative estimate of drug-likeness (QED) is 0.155. The summed E-state index contributed by atoms with van der Waals surface area (Å²) in [4.78, 5) is 134. The van der Waals surface area contributed by atoms with Gasteiger partial charge in [0, 0.05) is 25.9 Å². The van der Waals surface area contributed by atoms with E-state index in [1.807, 2.05) is 90.1 Å². The van der Waals surface area contributed by atoms with Gasteiger partial charge in [-0.3, -0.25) is 43.2 Å². The minimum Gasteiger partial charge on any atom is -0.343 e. The molecule has 0 unspecified atom stereocenters. The average Bonchev–Trinajstić information content (AvgIpc) is 4.08. The summed E-state index contributed by atoms with van der Waals surface area (Å²) in [6.45, 7) is 19.0. The molecule has 3 saturated heterocycles. The van der Waals surface area contributed by atoms with Crippen LogP contribution in [0.5, 0.6) is 0 Å². The maximum Gasteiger partial charge on any atom is 0.246 e. The number of nitrogens with zero attached hydrogens (tertiary/aromatic N) is 2. The van der Waals surface area contributed by atoms with E-state index in [0.29, 0.717) is 44.1 Å². The molecule has 2 aromatic rings. The highest BCUT2D eigenvalue weighted by Gasteiger charge is 2.45. The molecule has 3 aliphatic rings. The van der Waals surface area contributed by atoms with Crippen LogP contribution in [0.25, 0.3) is 0 Å². The number of carbonyl (C=O) groups excluding carboxylic acids is 9. The molecule has 3 heterocycles. The first-order valence-corrected chi connectivity index (χ1v) is 27.4. The second kappa shape index (κ2) is 28.0. The van der Waals surface area contributed by atoms with Crippen LogP contribution >= 0.6 is 0 Å². The minimum atomic E-state index is -1.24. The molecular weight excluding hydrogens is 955 g/mol. The Morgan fingerprint density at radius 3 is 1.23 bits per heavy atom. The highest BCUT2D eigenvalue weighted by Crippen LogP contribution is 2.27. The number of benzene rings is 2. The molecule has 412 valence electrons. The van der Waals surface area contributed by atoms with Gasteiger partial charge in [0.2, 0.25) is 53.2 Å². The van der Waals surface area contributed by atoms with Crippen molar-refractivity contribution in [3.63, 3.8) is 0 Å². The molecule has 5 rings (SSSR count). The fraction of sp³-hybridized carbons (Fsp3) is 0.632. The van der Waals surface area contributed by atoms with E-state index >= 15 is 0 Å². The number of fused-ring (bicyclic) bond motifs is 2. The van der Waals surface area contributed by atoms with Crippen molar-refractivity contribution in [2.24, 2.45) is 29.6 Å². The fourth-order valence-corrected chi connectivity index (χ4v) is 10.2. The van der Waals surface area contributed by atoms with Gasteiger partial charge in [0.25, 0.3) is 0 Å². The summed E-state index contributed by atoms with van der Waals surface area (Å²) in [6.07, 6.45) is 3.02. The zero-order valence-electron chi connectivity index (χ0n) is 45.9. The molecule has 0 aliphatic carbocycles. The van der Waals surface area contributed by atoms with Crippen molar-refractivity contribution >= 4 is 53.2 Å². The van der Waals surface area contributed by atoms with Gasteiger partial charge in [0.05, 0.1) is 0 Å². The van der Waals surface area contributed by atoms with Gasteiger partial charge >= 0.3 is 0 Å². The van der Waals surface area contributed by atoms with E-state index in [0.717, 1.165) is 5.56 Å². The maximum absolute atomic E-state index is 14.7. The maximum atomic E-state index is 14.7. The van der Waals surface area contributed by atoms with Gasteiger partial charge in [-0.15, -0.1) is 0 Å². The molecule has 11 atom stereocenters. The summed E-state index contributed by atoms with van der Waals surface area (Å²) in [7, 11) is 0. The zero-order valence-corrected chi connectivity index (χ0v) is 45.9. The number of carbonyl (C=O) groups is 9. The predicted octanol–water partition coefficient (Wildman–Crippen LogP) is 3.70. The number of rotatable bonds is 13. The Kier molecular flexibility index (Phi) is 22.2. The van der Waals surface area contributed by atoms with E-state index in [4.69, 9.17) is 0 Å². The van der Waals surface area contributed by atoms with E-state index in [2.05, 4.69) is 37.2 Å². The third-order valence-electron chi connectivity index (χ3n) is 15.0. The number of hydrogen-bond donors (Lipinski definition) is 7. The average molecular weight is 1040 g/mol. The van der Waals surface area contributed by atoms with Gasteiger partial charge in [-0.1, -0.05) is 143 Å². The molecule has 0 radical (unpaired) electrons. The summed E-state index contributed by atoms with van der Waals surface area (Å²) in [5.74, 6) is -6.75. The topological polar surface area (TPSA) is 244 Å². The lowest BCUT2D eigenvalue weighted by molar-refractivity contribution is -0.148. The van der Waals surface area contributed by atoms with Crippen LogP contribution in [0.3, 0.4) is 0 Å². The third-order valence-corrected chi connectivity index (χ3v) is 15.0. The van der Waals surface area contributed by atoms with E-state index in [-0.39, 0.29) is 50.6 Å². The molecule has 75 heavy (non-hydrogen) atoms. The number of nitrogens with one attached hydrogen (secondary N) is 7. The van der Waals surface area contributed by atoms with Crippen LogP contribution in [0.15, 0.2) is 60.7 Å². The second-order valence-corrected chi connectivity index (χ2v) is 22.2. The normalized spacial score (nSPS) is 27.3. The summed E-state index contributed by atoms with van der Waals surface area (Å²) >= 11 is 0. The van der Waals surface area contributed by atoms with Crippen LogP contribution in [-0.4, -0.2) is 130 Å². The van der Waals surface area contributed by atoms with Crippen LogP contribution in [0.2, 0.25) is 0 Å². The van der Waals surface area contributed by atoms with Gasteiger partial charge in [0.1, 0.15) is 54.4 Å². The first-order valence-electron chi connectivity index (χ1n) is 27.4. The van der Waals surface area contributed by atoms with Gasteiger partial charge in [-0.2, -0.15) is 0 Å². The molecule has 18 nitrogen and oxygen atoms in total. The Bertz CT molecular complexity index is 2300. The van der Waals surface area contributed by atoms with Gasteiger partial charge < -0.3 is 47.0 Å². The second-order valence-electron chi connectivity index (χ2n) is 22.2. The van der Waals surface area contributed by atoms with Crippen molar-refractivity contribution in [3.8, 4) is 0 Å². The van der Waals surface area contributed by atoms with E-state index < -0.39 is 125 Å². The molecule has 3 fully saturated rings. The monoisotopic (exact) mass is 1040 g/mol. The van der Waals surface area contributed by atoms with Crippen molar-refractivity contribution in [1.29, 1.82) is 0 Å². The fourth-order valence-electron chi connectivity index (χ4n) is 10.2. The molecule has 3 aliphatic heterocycles. The lowest BCUT2D eigenvalue weighted by atomic mass is 9.93. The Morgan fingerprint density at radius 2 is 0.787 bits per heavy atom. The molecule has 18 heteroatoms. The van der Waals surface area contributed by atoms with E-state index in [1.54, 1.807) is 39.8 Å². The van der Waals surface area contributed by atoms with Crippen molar-refractivity contribution in [3.05, 3.63) is 71.8 Å². The van der Waals surface area contributed by atoms with Crippen LogP contribution in [0, 0.1) is 29.6 Å². The predicted molar refractivity (Wildman–Crippen MR) is 286 cm³/mol. The van der Waals surface area contributed by atoms with Crippen molar-refractivity contribution < 1.29 is 43.2 Å². The lowest BCUT2D eigenvalue weighted by Crippen LogP contribution is -2.62. The Hall–Kier alpha value is -6.33. The first kappa shape index (κ1) is 59.5. The number of hydrogen-bond acceptors (Lipinski definition) is 9. The summed E-state index contributed by atoms with van der Waals surface area (Å²) in [5.41, 5.74) is 1.44. The van der Waals surface area contributed by atoms with Crippen LogP contribution in [0.1, 0.15) is 132 Å². The molecule has 0 bridgehead atoms. The molecular formula is C57H85N9O9. The number of amides is 9. The minimum absolute atomic E-state index is 0.0235. The SMILES string of the molecule is CC[C@H](C)[C@@H]1NC(=O)[C@H](CC(C)C)NC(=O)[C@@H](Cc2ccccc2)NC(=O)[C@H](Cc2ccccc2)NC(=O)[C@@H]2CCCN2C(=O)[C@@H]2CCCN2C(=O)[C@H](C(C)C)NC(=O)[C@H](CC(C)C)NC(=O)[C@H]([C@@H](C)CC)NC1=O. The van der Waals surface area contributed by atoms with Crippen LogP contribution in [0.4, 0.5) is 0 Å². The third kappa shape index (κ3) is 16.3. The first-order chi connectivity index (χ1) is 35.6. The molecule has 0 aromatic heterocycles. The molecule has 0 saturated carbocycles. The highest BCUT2D eigenvalue weighted by molar-refractivity contribution is 5.99. The highest BCUT2D eigenvalue weighted by atomic mass is 16.2. The molecule has 0 spiro atoms. The molecule has 7 N–H and O–H groups in total. The zero-order chi connectivity index (χ0) is 55.1. The van der Waals surface area contributed by atoms with E-state index in [1.165, 1.54) is 9.80 Å². The smallest absolute Gasteiger partial charge is 0.246 e. The summed E-state index contributed by atoms with van der Waals surface area (Å²) in [6, 6.07) is 8.18. The summed E-state index contributed by atoms with van der Waals surface area (Å²) in [5, 5.41) is 20.4. The summed E-state index contributed by atoms with van der Waals surface area (Å²) < 4.78 is 0. The largest absolute Gasteiger partial charge is 0.343 e. The lowest BCUT2D eigenvalue weighted by Gasteiger charge is -2.35. The standard InChI is InChI=1S/C57H85N9O9/c1-11-36(9)47-54(72)61-41(30-34(5)6)51(69)62-46(35(7)8)57(75)66-28-20-26-45(66)56(74)65-27-19-25-44(65)53(71)60-43(32-39-23-17-14-18-24-39)50(68)59-42(31-38-21-15-13-16-22-38)49(67)58-40(29-33(3)4)52(70)63-48(37(10)12-2)55(73)64-47/h13-18,21-24,33-37,40-48H,11-12,19-20,25-32H2,1-10H3,(H,58,67)(H,59,68)(H,60,71)(H,61,72)(H,62,69)(H,63,70)(H,64,73)/t36-,37-,40-,41-,42+,43-,44-,45-,46-,47-,48-/m0/s1. The van der Waals surface area contributed by atoms with Gasteiger partial charge in [-0.25, -0.2) is 0 Å². The van der Waals surface area contributed by atoms with Crippen molar-refractivity contribution in [2.45, 2.75) is 188 Å². The van der Waals surface area contributed by atoms with Gasteiger partial charge in [-0.05, 0) is 79.2 Å². The Labute approximate surface area is 444 Å². The van der Waals surface area contributed by atoms with Crippen molar-refractivity contribution in [2.75, 3.05) is 13.1 Å². The molecule has 9 amide bonds. The van der Waals surface area contributed by atoms with Gasteiger partial charge in [0.15, 0.2) is 0 Å². The van der Waals surface area contributed by atoms with Crippen LogP contribution < -0.4 is 37.2 Å². The van der Waals surface area contributed by atoms with Crippen LogP contribution in [-0.2, 0) is 56.0 Å². The molecule has 2 aromatic carbocycles. The van der Waals surface area contributed by atoms with Crippen molar-refractivity contribution in [1.82, 2.24) is 47.0 Å². The Morgan fingerprint density at radius 1 is 0.427 bits per heavy atom. The Balaban J connectivity index is 1.60.